The molecule has 0 fully saturated rings. The quantitative estimate of drug-likeness (QED) is 0.161. The molecule has 0 aliphatic heterocycles. The van der Waals surface area contributed by atoms with Crippen molar-refractivity contribution in [2.24, 2.45) is 0 Å². The van der Waals surface area contributed by atoms with Crippen molar-refractivity contribution in [3.63, 3.8) is 0 Å². The minimum Gasteiger partial charge on any atom is -0.456 e. The van der Waals surface area contributed by atoms with E-state index in [9.17, 15) is 0 Å². The van der Waals surface area contributed by atoms with Crippen LogP contribution in [0.1, 0.15) is 0 Å². The van der Waals surface area contributed by atoms with Crippen LogP contribution in [0.3, 0.4) is 0 Å². The Morgan fingerprint density at radius 3 is 1.20 bits per heavy atom. The summed E-state index contributed by atoms with van der Waals surface area (Å²) in [6, 6.07) is 79.1. The molecule has 0 saturated carbocycles. The molecule has 0 spiro atoms. The van der Waals surface area contributed by atoms with Gasteiger partial charge in [0.25, 0.3) is 0 Å². The molecule has 13 rings (SSSR count). The highest BCUT2D eigenvalue weighted by molar-refractivity contribution is 6.14. The Kier molecular flexibility index (Phi) is 8.18. The third-order valence-corrected chi connectivity index (χ3v) is 12.7. The van der Waals surface area contributed by atoms with E-state index in [0.717, 1.165) is 116 Å². The number of rotatable bonds is 7. The van der Waals surface area contributed by atoms with Gasteiger partial charge >= 0.3 is 0 Å². The minimum atomic E-state index is 0.871. The first kappa shape index (κ1) is 36.1. The maximum Gasteiger partial charge on any atom is 0.143 e. The SMILES string of the molecule is c1ccc(-c2ccc(N(c3ccc(-c4cccc5c4oc4ccccc45)cc3)c3ccc(-c4cccc5c4oc4c(-c6ccc7oc8ccccc8c7c6)cccc45)cc3)cc2)cc1. The molecule has 0 aliphatic rings. The summed E-state index contributed by atoms with van der Waals surface area (Å²) in [5.41, 5.74) is 17.3. The second kappa shape index (κ2) is 14.5. The lowest BCUT2D eigenvalue weighted by atomic mass is 9.99. The lowest BCUT2D eigenvalue weighted by molar-refractivity contribution is 0.668. The number of hydrogen-bond acceptors (Lipinski definition) is 4. The fourth-order valence-electron chi connectivity index (χ4n) is 9.60. The van der Waals surface area contributed by atoms with Gasteiger partial charge in [-0.1, -0.05) is 164 Å². The van der Waals surface area contributed by atoms with Crippen LogP contribution in [-0.4, -0.2) is 0 Å². The van der Waals surface area contributed by atoms with Crippen LogP contribution >= 0.6 is 0 Å². The Hall–Kier alpha value is -8.60. The molecule has 0 atom stereocenters. The van der Waals surface area contributed by atoms with E-state index >= 15 is 0 Å². The second-order valence-electron chi connectivity index (χ2n) is 16.4. The van der Waals surface area contributed by atoms with Crippen molar-refractivity contribution < 1.29 is 13.3 Å². The Bertz CT molecular complexity index is 3870. The highest BCUT2D eigenvalue weighted by Crippen LogP contribution is 2.43. The number of anilines is 3. The van der Waals surface area contributed by atoms with Gasteiger partial charge < -0.3 is 18.2 Å². The molecule has 3 heterocycles. The third-order valence-electron chi connectivity index (χ3n) is 12.7. The lowest BCUT2D eigenvalue weighted by Gasteiger charge is -2.26. The summed E-state index contributed by atoms with van der Waals surface area (Å²) in [7, 11) is 0. The van der Waals surface area contributed by atoms with E-state index in [2.05, 4.69) is 205 Å². The molecule has 3 aromatic heterocycles. The molecule has 0 aliphatic carbocycles. The number of para-hydroxylation sites is 5. The fraction of sp³-hybridized carbons (Fsp3) is 0. The Balaban J connectivity index is 0.888. The second-order valence-corrected chi connectivity index (χ2v) is 16.4. The molecule has 0 radical (unpaired) electrons. The van der Waals surface area contributed by atoms with E-state index in [1.807, 2.05) is 24.3 Å². The number of fused-ring (bicyclic) bond motifs is 9. The van der Waals surface area contributed by atoms with Gasteiger partial charge in [-0.15, -0.1) is 0 Å². The molecule has 0 amide bonds. The molecule has 4 heteroatoms. The smallest absolute Gasteiger partial charge is 0.143 e. The monoisotopic (exact) mass is 819 g/mol. The summed E-state index contributed by atoms with van der Waals surface area (Å²) in [5.74, 6) is 0. The largest absolute Gasteiger partial charge is 0.456 e. The summed E-state index contributed by atoms with van der Waals surface area (Å²) in [4.78, 5) is 2.32. The number of furan rings is 3. The molecule has 0 bridgehead atoms. The zero-order chi connectivity index (χ0) is 42.1. The van der Waals surface area contributed by atoms with Gasteiger partial charge in [0.15, 0.2) is 0 Å². The van der Waals surface area contributed by atoms with Crippen LogP contribution in [0, 0.1) is 0 Å². The van der Waals surface area contributed by atoms with Gasteiger partial charge in [-0.25, -0.2) is 0 Å². The Morgan fingerprint density at radius 2 is 0.625 bits per heavy atom. The summed E-state index contributed by atoms with van der Waals surface area (Å²) in [6.45, 7) is 0. The summed E-state index contributed by atoms with van der Waals surface area (Å²) < 4.78 is 19.5. The molecule has 10 aromatic carbocycles. The van der Waals surface area contributed by atoms with E-state index in [0.29, 0.717) is 0 Å². The first-order valence-electron chi connectivity index (χ1n) is 21.6. The van der Waals surface area contributed by atoms with Crippen molar-refractivity contribution in [2.45, 2.75) is 0 Å². The molecule has 13 aromatic rings. The van der Waals surface area contributed by atoms with Crippen LogP contribution in [-0.2, 0) is 0 Å². The van der Waals surface area contributed by atoms with E-state index in [1.54, 1.807) is 0 Å². The van der Waals surface area contributed by atoms with E-state index in [-0.39, 0.29) is 0 Å². The van der Waals surface area contributed by atoms with Gasteiger partial charge in [0.05, 0.1) is 0 Å². The topological polar surface area (TPSA) is 42.7 Å². The molecule has 64 heavy (non-hydrogen) atoms. The molecule has 0 saturated heterocycles. The maximum absolute atomic E-state index is 6.92. The zero-order valence-corrected chi connectivity index (χ0v) is 34.5. The van der Waals surface area contributed by atoms with Crippen molar-refractivity contribution in [2.75, 3.05) is 4.90 Å². The van der Waals surface area contributed by atoms with Crippen molar-refractivity contribution >= 4 is 82.9 Å². The molecular weight excluding hydrogens is 783 g/mol. The maximum atomic E-state index is 6.92. The first-order chi connectivity index (χ1) is 31.7. The summed E-state index contributed by atoms with van der Waals surface area (Å²) >= 11 is 0. The van der Waals surface area contributed by atoms with Gasteiger partial charge in [-0.05, 0) is 88.5 Å². The average molecular weight is 820 g/mol. The Morgan fingerprint density at radius 1 is 0.234 bits per heavy atom. The van der Waals surface area contributed by atoms with Gasteiger partial charge in [0.1, 0.15) is 33.5 Å². The highest BCUT2D eigenvalue weighted by atomic mass is 16.3. The van der Waals surface area contributed by atoms with Crippen LogP contribution in [0.2, 0.25) is 0 Å². The molecular formula is C60H37NO3. The Labute approximate surface area is 368 Å². The van der Waals surface area contributed by atoms with Crippen molar-refractivity contribution in [3.8, 4) is 44.5 Å². The van der Waals surface area contributed by atoms with Gasteiger partial charge in [-0.3, -0.25) is 0 Å². The van der Waals surface area contributed by atoms with Gasteiger partial charge in [0, 0.05) is 66.1 Å². The average Bonchev–Trinajstić information content (AvgIpc) is 4.06. The van der Waals surface area contributed by atoms with Crippen LogP contribution in [0.25, 0.3) is 110 Å². The van der Waals surface area contributed by atoms with Gasteiger partial charge in [-0.2, -0.15) is 0 Å². The lowest BCUT2D eigenvalue weighted by Crippen LogP contribution is -2.09. The highest BCUT2D eigenvalue weighted by Gasteiger charge is 2.19. The summed E-state index contributed by atoms with van der Waals surface area (Å²) in [6.07, 6.45) is 0. The molecule has 4 nitrogen and oxygen atoms in total. The van der Waals surface area contributed by atoms with Crippen LogP contribution < -0.4 is 4.90 Å². The number of benzene rings is 10. The third kappa shape index (κ3) is 5.84. The van der Waals surface area contributed by atoms with Crippen molar-refractivity contribution in [1.82, 2.24) is 0 Å². The van der Waals surface area contributed by atoms with Crippen molar-refractivity contribution in [1.29, 1.82) is 0 Å². The number of hydrogen-bond donors (Lipinski definition) is 0. The van der Waals surface area contributed by atoms with E-state index < -0.39 is 0 Å². The van der Waals surface area contributed by atoms with E-state index in [1.165, 1.54) is 11.1 Å². The first-order valence-corrected chi connectivity index (χ1v) is 21.6. The van der Waals surface area contributed by atoms with Gasteiger partial charge in [0.2, 0.25) is 0 Å². The fourth-order valence-corrected chi connectivity index (χ4v) is 9.60. The zero-order valence-electron chi connectivity index (χ0n) is 34.5. The molecule has 300 valence electrons. The molecule has 0 N–H and O–H groups in total. The standard InChI is InChI=1S/C60H37NO3/c1-2-11-38(12-3-1)39-23-30-43(31-24-39)61(44-32-25-40(26-33-44)46-15-8-18-51-49-13-4-7-22-56(49)63-58(46)51)45-34-27-41(28-35-45)47-16-9-19-52-53-20-10-17-48(60(53)64-59(47)52)42-29-36-57-54(37-42)50-14-5-6-21-55(50)62-57/h1-37H. The number of nitrogens with zero attached hydrogens (tertiary/aromatic N) is 1. The van der Waals surface area contributed by atoms with E-state index in [4.69, 9.17) is 13.3 Å². The van der Waals surface area contributed by atoms with Crippen LogP contribution in [0.15, 0.2) is 238 Å². The molecule has 0 unspecified atom stereocenters. The van der Waals surface area contributed by atoms with Crippen LogP contribution in [0.4, 0.5) is 17.1 Å². The summed E-state index contributed by atoms with van der Waals surface area (Å²) in [5, 5.41) is 6.64. The normalized spacial score (nSPS) is 11.8. The predicted molar refractivity (Wildman–Crippen MR) is 265 cm³/mol. The predicted octanol–water partition coefficient (Wildman–Crippen LogP) is 17.5. The minimum absolute atomic E-state index is 0.871. The van der Waals surface area contributed by atoms with Crippen LogP contribution in [0.5, 0.6) is 0 Å². The van der Waals surface area contributed by atoms with Crippen molar-refractivity contribution in [3.05, 3.63) is 224 Å².